The summed E-state index contributed by atoms with van der Waals surface area (Å²) in [7, 11) is 0. The Bertz CT molecular complexity index is 850. The van der Waals surface area contributed by atoms with Crippen LogP contribution in [0.2, 0.25) is 10.0 Å². The van der Waals surface area contributed by atoms with Crippen molar-refractivity contribution < 1.29 is 4.79 Å². The second kappa shape index (κ2) is 6.77. The maximum absolute atomic E-state index is 12.2. The van der Waals surface area contributed by atoms with Gasteiger partial charge in [0.1, 0.15) is 0 Å². The number of amides is 1. The Kier molecular flexibility index (Phi) is 4.55. The number of hydrogen-bond acceptors (Lipinski definition) is 3. The lowest BCUT2D eigenvalue weighted by atomic mass is 10.2. The highest BCUT2D eigenvalue weighted by Crippen LogP contribution is 2.20. The zero-order chi connectivity index (χ0) is 16.2. The Morgan fingerprint density at radius 3 is 2.39 bits per heavy atom. The van der Waals surface area contributed by atoms with E-state index in [9.17, 15) is 4.79 Å². The van der Waals surface area contributed by atoms with Crippen molar-refractivity contribution in [2.24, 2.45) is 0 Å². The van der Waals surface area contributed by atoms with E-state index in [0.717, 1.165) is 5.56 Å². The summed E-state index contributed by atoms with van der Waals surface area (Å²) in [6.45, 7) is 0. The summed E-state index contributed by atoms with van der Waals surface area (Å²) in [5, 5.41) is 3.72. The standard InChI is InChI=1S/C17H11Cl2N3O/c18-12-5-3-4-11(8-12)16-20-9-13(10-21-16)22-17(23)14-6-1-2-7-15(14)19/h1-10H,(H,22,23). The molecule has 0 fully saturated rings. The van der Waals surface area contributed by atoms with Crippen LogP contribution in [0, 0.1) is 0 Å². The molecule has 0 spiro atoms. The molecule has 3 rings (SSSR count). The van der Waals surface area contributed by atoms with Gasteiger partial charge in [-0.25, -0.2) is 9.97 Å². The summed E-state index contributed by atoms with van der Waals surface area (Å²) < 4.78 is 0. The monoisotopic (exact) mass is 343 g/mol. The Balaban J connectivity index is 1.78. The van der Waals surface area contributed by atoms with E-state index >= 15 is 0 Å². The first-order chi connectivity index (χ1) is 11.1. The number of hydrogen-bond donors (Lipinski definition) is 1. The Hall–Kier alpha value is -2.43. The number of carbonyl (C=O) groups excluding carboxylic acids is 1. The summed E-state index contributed by atoms with van der Waals surface area (Å²) in [6, 6.07) is 14.1. The van der Waals surface area contributed by atoms with Gasteiger partial charge < -0.3 is 5.32 Å². The maximum atomic E-state index is 12.2. The van der Waals surface area contributed by atoms with Gasteiger partial charge in [-0.15, -0.1) is 0 Å². The third kappa shape index (κ3) is 3.67. The molecule has 0 saturated carbocycles. The van der Waals surface area contributed by atoms with Gasteiger partial charge in [0.25, 0.3) is 5.91 Å². The van der Waals surface area contributed by atoms with Gasteiger partial charge in [-0.1, -0.05) is 47.5 Å². The zero-order valence-electron chi connectivity index (χ0n) is 11.8. The third-order valence-electron chi connectivity index (χ3n) is 3.11. The molecule has 0 aliphatic rings. The SMILES string of the molecule is O=C(Nc1cnc(-c2cccc(Cl)c2)nc1)c1ccccc1Cl. The minimum absolute atomic E-state index is 0.310. The van der Waals surface area contributed by atoms with E-state index < -0.39 is 0 Å². The highest BCUT2D eigenvalue weighted by Gasteiger charge is 2.10. The van der Waals surface area contributed by atoms with Crippen LogP contribution >= 0.6 is 23.2 Å². The van der Waals surface area contributed by atoms with Crippen molar-refractivity contribution in [1.82, 2.24) is 9.97 Å². The van der Waals surface area contributed by atoms with Gasteiger partial charge in [0.05, 0.1) is 28.7 Å². The quantitative estimate of drug-likeness (QED) is 0.749. The van der Waals surface area contributed by atoms with Crippen molar-refractivity contribution in [3.8, 4) is 11.4 Å². The number of anilines is 1. The fourth-order valence-corrected chi connectivity index (χ4v) is 2.42. The molecule has 0 atom stereocenters. The lowest BCUT2D eigenvalue weighted by Gasteiger charge is -2.07. The van der Waals surface area contributed by atoms with Crippen LogP contribution in [0.15, 0.2) is 60.9 Å². The maximum Gasteiger partial charge on any atom is 0.257 e. The molecule has 0 bridgehead atoms. The highest BCUT2D eigenvalue weighted by molar-refractivity contribution is 6.34. The summed E-state index contributed by atoms with van der Waals surface area (Å²) >= 11 is 12.0. The zero-order valence-corrected chi connectivity index (χ0v) is 13.3. The van der Waals surface area contributed by atoms with Crippen molar-refractivity contribution in [2.75, 3.05) is 5.32 Å². The summed E-state index contributed by atoms with van der Waals surface area (Å²) in [5.41, 5.74) is 1.69. The van der Waals surface area contributed by atoms with E-state index in [0.29, 0.717) is 27.1 Å². The van der Waals surface area contributed by atoms with E-state index in [4.69, 9.17) is 23.2 Å². The minimum atomic E-state index is -0.310. The van der Waals surface area contributed by atoms with Crippen LogP contribution in [-0.2, 0) is 0 Å². The van der Waals surface area contributed by atoms with Gasteiger partial charge in [0.15, 0.2) is 5.82 Å². The summed E-state index contributed by atoms with van der Waals surface area (Å²) in [6.07, 6.45) is 3.08. The second-order valence-electron chi connectivity index (χ2n) is 4.74. The van der Waals surface area contributed by atoms with Gasteiger partial charge in [0.2, 0.25) is 0 Å². The van der Waals surface area contributed by atoms with E-state index in [1.165, 1.54) is 12.4 Å². The average molecular weight is 344 g/mol. The molecule has 0 unspecified atom stereocenters. The molecule has 1 heterocycles. The van der Waals surface area contributed by atoms with Crippen LogP contribution in [0.1, 0.15) is 10.4 Å². The van der Waals surface area contributed by atoms with Gasteiger partial charge >= 0.3 is 0 Å². The molecule has 23 heavy (non-hydrogen) atoms. The van der Waals surface area contributed by atoms with Gasteiger partial charge in [0, 0.05) is 10.6 Å². The summed E-state index contributed by atoms with van der Waals surface area (Å²) in [5.74, 6) is 0.220. The molecule has 3 aromatic rings. The van der Waals surface area contributed by atoms with Crippen molar-refractivity contribution in [2.45, 2.75) is 0 Å². The van der Waals surface area contributed by atoms with E-state index in [1.807, 2.05) is 12.1 Å². The molecule has 2 aromatic carbocycles. The fourth-order valence-electron chi connectivity index (χ4n) is 2.01. The molecule has 114 valence electrons. The van der Waals surface area contributed by atoms with Crippen LogP contribution in [0.25, 0.3) is 11.4 Å². The predicted octanol–water partition coefficient (Wildman–Crippen LogP) is 4.70. The van der Waals surface area contributed by atoms with Gasteiger partial charge in [-0.2, -0.15) is 0 Å². The molecule has 0 saturated heterocycles. The molecular formula is C17H11Cl2N3O. The first-order valence-electron chi connectivity index (χ1n) is 6.77. The number of halogens is 2. The minimum Gasteiger partial charge on any atom is -0.319 e. The fraction of sp³-hybridized carbons (Fsp3) is 0. The van der Waals surface area contributed by atoms with Crippen LogP contribution < -0.4 is 5.32 Å². The summed E-state index contributed by atoms with van der Waals surface area (Å²) in [4.78, 5) is 20.6. The van der Waals surface area contributed by atoms with E-state index in [-0.39, 0.29) is 5.91 Å². The Morgan fingerprint density at radius 1 is 0.957 bits per heavy atom. The topological polar surface area (TPSA) is 54.9 Å². The molecule has 1 amide bonds. The lowest BCUT2D eigenvalue weighted by molar-refractivity contribution is 0.102. The molecule has 0 aliphatic carbocycles. The van der Waals surface area contributed by atoms with Crippen LogP contribution in [0.4, 0.5) is 5.69 Å². The number of aromatic nitrogens is 2. The molecule has 0 radical (unpaired) electrons. The first-order valence-corrected chi connectivity index (χ1v) is 7.53. The normalized spacial score (nSPS) is 10.3. The Labute approximate surface area is 143 Å². The highest BCUT2D eigenvalue weighted by atomic mass is 35.5. The van der Waals surface area contributed by atoms with Crippen LogP contribution in [0.5, 0.6) is 0 Å². The molecule has 4 nitrogen and oxygen atoms in total. The van der Waals surface area contributed by atoms with Crippen molar-refractivity contribution in [3.63, 3.8) is 0 Å². The Morgan fingerprint density at radius 2 is 1.70 bits per heavy atom. The van der Waals surface area contributed by atoms with Gasteiger partial charge in [-0.05, 0) is 24.3 Å². The smallest absolute Gasteiger partial charge is 0.257 e. The van der Waals surface area contributed by atoms with Crippen molar-refractivity contribution in [3.05, 3.63) is 76.5 Å². The molecule has 0 aliphatic heterocycles. The molecule has 1 N–H and O–H groups in total. The lowest BCUT2D eigenvalue weighted by Crippen LogP contribution is -2.12. The van der Waals surface area contributed by atoms with Crippen molar-refractivity contribution >= 4 is 34.8 Å². The van der Waals surface area contributed by atoms with E-state index in [2.05, 4.69) is 15.3 Å². The predicted molar refractivity (Wildman–Crippen MR) is 91.9 cm³/mol. The molecular weight excluding hydrogens is 333 g/mol. The van der Waals surface area contributed by atoms with Crippen LogP contribution in [-0.4, -0.2) is 15.9 Å². The number of nitrogens with one attached hydrogen (secondary N) is 1. The van der Waals surface area contributed by atoms with Crippen molar-refractivity contribution in [1.29, 1.82) is 0 Å². The number of carbonyl (C=O) groups is 1. The van der Waals surface area contributed by atoms with Crippen LogP contribution in [0.3, 0.4) is 0 Å². The largest absolute Gasteiger partial charge is 0.319 e. The molecule has 6 heteroatoms. The number of nitrogens with zero attached hydrogens (tertiary/aromatic N) is 2. The first kappa shape index (κ1) is 15.5. The van der Waals surface area contributed by atoms with Gasteiger partial charge in [-0.3, -0.25) is 4.79 Å². The third-order valence-corrected chi connectivity index (χ3v) is 3.68. The molecule has 1 aromatic heterocycles. The number of rotatable bonds is 3. The second-order valence-corrected chi connectivity index (χ2v) is 5.58. The number of benzene rings is 2. The van der Waals surface area contributed by atoms with E-state index in [1.54, 1.807) is 36.4 Å². The average Bonchev–Trinajstić information content (AvgIpc) is 2.56.